The Morgan fingerprint density at radius 2 is 1.90 bits per heavy atom. The van der Waals surface area contributed by atoms with Crippen LogP contribution in [-0.4, -0.2) is 16.1 Å². The van der Waals surface area contributed by atoms with Crippen molar-refractivity contribution >= 4 is 17.3 Å². The van der Waals surface area contributed by atoms with Crippen LogP contribution in [0.3, 0.4) is 0 Å². The number of aromatic carboxylic acids is 1. The maximum absolute atomic E-state index is 11.5. The lowest BCUT2D eigenvalue weighted by Crippen LogP contribution is -2.04. The molecule has 1 aliphatic carbocycles. The third kappa shape index (κ3) is 3.32. The Morgan fingerprint density at radius 1 is 1.19 bits per heavy atom. The highest BCUT2D eigenvalue weighted by atomic mass is 32.1. The normalized spacial score (nSPS) is 16.0. The molecule has 2 aromatic rings. The molecule has 1 aromatic carbocycles. The average Bonchev–Trinajstić information content (AvgIpc) is 2.93. The summed E-state index contributed by atoms with van der Waals surface area (Å²) in [7, 11) is 0. The molecule has 4 heteroatoms. The predicted molar refractivity (Wildman–Crippen MR) is 84.1 cm³/mol. The van der Waals surface area contributed by atoms with Gasteiger partial charge in [0.25, 0.3) is 0 Å². The molecule has 0 radical (unpaired) electrons. The Balaban J connectivity index is 1.87. The van der Waals surface area contributed by atoms with Gasteiger partial charge in [-0.25, -0.2) is 9.78 Å². The first kappa shape index (κ1) is 14.3. The molecule has 3 rings (SSSR count). The van der Waals surface area contributed by atoms with Gasteiger partial charge in [-0.2, -0.15) is 0 Å². The van der Waals surface area contributed by atoms with E-state index in [2.05, 4.69) is 4.98 Å². The second-order valence-electron chi connectivity index (χ2n) is 5.63. The molecule has 3 nitrogen and oxygen atoms in total. The van der Waals surface area contributed by atoms with Crippen LogP contribution in [0.4, 0.5) is 0 Å². The van der Waals surface area contributed by atoms with Crippen molar-refractivity contribution in [3.05, 3.63) is 51.5 Å². The van der Waals surface area contributed by atoms with E-state index in [1.54, 1.807) is 0 Å². The number of nitrogens with zero attached hydrogens (tertiary/aromatic N) is 1. The summed E-state index contributed by atoms with van der Waals surface area (Å²) in [6.07, 6.45) is 6.67. The van der Waals surface area contributed by atoms with Gasteiger partial charge in [-0.1, -0.05) is 49.6 Å². The number of carboxylic acids is 1. The van der Waals surface area contributed by atoms with Gasteiger partial charge in [0.15, 0.2) is 0 Å². The molecule has 1 aromatic heterocycles. The van der Waals surface area contributed by atoms with E-state index >= 15 is 0 Å². The van der Waals surface area contributed by atoms with Crippen LogP contribution in [0.1, 0.15) is 64.0 Å². The second-order valence-corrected chi connectivity index (χ2v) is 6.66. The molecular formula is C17H19NO2S. The largest absolute Gasteiger partial charge is 0.477 e. The van der Waals surface area contributed by atoms with Crippen molar-refractivity contribution in [1.82, 2.24) is 4.98 Å². The van der Waals surface area contributed by atoms with Gasteiger partial charge in [0.2, 0.25) is 0 Å². The fourth-order valence-electron chi connectivity index (χ4n) is 2.97. The van der Waals surface area contributed by atoms with Crippen LogP contribution in [-0.2, 0) is 6.42 Å². The molecule has 1 heterocycles. The first-order valence-electron chi connectivity index (χ1n) is 7.51. The SMILES string of the molecule is O=C(O)c1sc(C2CCCCC2)nc1Cc1ccccc1. The minimum Gasteiger partial charge on any atom is -0.477 e. The summed E-state index contributed by atoms with van der Waals surface area (Å²) in [6, 6.07) is 9.96. The summed E-state index contributed by atoms with van der Waals surface area (Å²) in [6.45, 7) is 0. The van der Waals surface area contributed by atoms with E-state index in [1.165, 1.54) is 30.6 Å². The number of aromatic nitrogens is 1. The Kier molecular flexibility index (Phi) is 4.34. The Bertz CT molecular complexity index is 615. The highest BCUT2D eigenvalue weighted by Crippen LogP contribution is 2.36. The summed E-state index contributed by atoms with van der Waals surface area (Å²) in [4.78, 5) is 16.6. The van der Waals surface area contributed by atoms with Crippen LogP contribution in [0.25, 0.3) is 0 Å². The zero-order valence-corrected chi connectivity index (χ0v) is 12.7. The number of rotatable bonds is 4. The molecule has 1 saturated carbocycles. The third-order valence-corrected chi connectivity index (χ3v) is 5.33. The van der Waals surface area contributed by atoms with Gasteiger partial charge < -0.3 is 5.11 Å². The van der Waals surface area contributed by atoms with E-state index in [4.69, 9.17) is 0 Å². The lowest BCUT2D eigenvalue weighted by atomic mass is 9.90. The standard InChI is InChI=1S/C17H19NO2S/c19-17(20)15-14(11-12-7-3-1-4-8-12)18-16(21-15)13-9-5-2-6-10-13/h1,3-4,7-8,13H,2,5-6,9-11H2,(H,19,20). The molecule has 0 aliphatic heterocycles. The van der Waals surface area contributed by atoms with Gasteiger partial charge >= 0.3 is 5.97 Å². The molecule has 1 aliphatic rings. The Labute approximate surface area is 128 Å². The molecule has 0 atom stereocenters. The Hall–Kier alpha value is -1.68. The summed E-state index contributed by atoms with van der Waals surface area (Å²) in [5.74, 6) is -0.383. The number of benzene rings is 1. The van der Waals surface area contributed by atoms with Crippen LogP contribution >= 0.6 is 11.3 Å². The maximum Gasteiger partial charge on any atom is 0.347 e. The minimum absolute atomic E-state index is 0.416. The number of hydrogen-bond donors (Lipinski definition) is 1. The molecule has 0 unspecified atom stereocenters. The lowest BCUT2D eigenvalue weighted by molar-refractivity contribution is 0.0701. The van der Waals surface area contributed by atoms with Gasteiger partial charge in [-0.05, 0) is 18.4 Å². The molecule has 110 valence electrons. The molecule has 0 amide bonds. The van der Waals surface area contributed by atoms with E-state index in [-0.39, 0.29) is 0 Å². The fraction of sp³-hybridized carbons (Fsp3) is 0.412. The van der Waals surface area contributed by atoms with Crippen LogP contribution in [0.5, 0.6) is 0 Å². The van der Waals surface area contributed by atoms with Crippen molar-refractivity contribution in [2.24, 2.45) is 0 Å². The van der Waals surface area contributed by atoms with Crippen LogP contribution < -0.4 is 0 Å². The van der Waals surface area contributed by atoms with Gasteiger partial charge in [-0.3, -0.25) is 0 Å². The first-order valence-corrected chi connectivity index (χ1v) is 8.32. The summed E-state index contributed by atoms with van der Waals surface area (Å²) in [5.41, 5.74) is 1.83. The van der Waals surface area contributed by atoms with Crippen molar-refractivity contribution in [3.8, 4) is 0 Å². The molecule has 21 heavy (non-hydrogen) atoms. The topological polar surface area (TPSA) is 50.2 Å². The van der Waals surface area contributed by atoms with Gasteiger partial charge in [0.1, 0.15) is 4.88 Å². The van der Waals surface area contributed by atoms with Crippen LogP contribution in [0, 0.1) is 0 Å². The van der Waals surface area contributed by atoms with Crippen LogP contribution in [0.2, 0.25) is 0 Å². The van der Waals surface area contributed by atoms with E-state index in [9.17, 15) is 9.90 Å². The molecular weight excluding hydrogens is 282 g/mol. The van der Waals surface area contributed by atoms with E-state index in [0.717, 1.165) is 29.1 Å². The van der Waals surface area contributed by atoms with Crippen molar-refractivity contribution in [2.75, 3.05) is 0 Å². The van der Waals surface area contributed by atoms with Crippen molar-refractivity contribution in [3.63, 3.8) is 0 Å². The van der Waals surface area contributed by atoms with Crippen molar-refractivity contribution in [2.45, 2.75) is 44.4 Å². The third-order valence-electron chi connectivity index (χ3n) is 4.08. The summed E-state index contributed by atoms with van der Waals surface area (Å²) < 4.78 is 0. The van der Waals surface area contributed by atoms with Crippen LogP contribution in [0.15, 0.2) is 30.3 Å². The highest BCUT2D eigenvalue weighted by Gasteiger charge is 2.24. The highest BCUT2D eigenvalue weighted by molar-refractivity contribution is 7.13. The first-order chi connectivity index (χ1) is 10.2. The molecule has 0 bridgehead atoms. The number of thiazole rings is 1. The zero-order chi connectivity index (χ0) is 14.7. The number of carbonyl (C=O) groups is 1. The van der Waals surface area contributed by atoms with Crippen molar-refractivity contribution in [1.29, 1.82) is 0 Å². The molecule has 0 spiro atoms. The lowest BCUT2D eigenvalue weighted by Gasteiger charge is -2.18. The van der Waals surface area contributed by atoms with Crippen molar-refractivity contribution < 1.29 is 9.90 Å². The minimum atomic E-state index is -0.847. The number of hydrogen-bond acceptors (Lipinski definition) is 3. The monoisotopic (exact) mass is 301 g/mol. The molecule has 1 fully saturated rings. The average molecular weight is 301 g/mol. The van der Waals surface area contributed by atoms with Gasteiger partial charge in [0.05, 0.1) is 10.7 Å². The zero-order valence-electron chi connectivity index (χ0n) is 11.9. The van der Waals surface area contributed by atoms with E-state index < -0.39 is 5.97 Å². The van der Waals surface area contributed by atoms with E-state index in [1.807, 2.05) is 30.3 Å². The smallest absolute Gasteiger partial charge is 0.347 e. The Morgan fingerprint density at radius 3 is 2.57 bits per heavy atom. The molecule has 1 N–H and O–H groups in total. The van der Waals surface area contributed by atoms with Gasteiger partial charge in [0, 0.05) is 12.3 Å². The maximum atomic E-state index is 11.5. The summed E-state index contributed by atoms with van der Waals surface area (Å²) >= 11 is 1.38. The van der Waals surface area contributed by atoms with E-state index in [0.29, 0.717) is 17.2 Å². The predicted octanol–water partition coefficient (Wildman–Crippen LogP) is 4.48. The fourth-order valence-corrected chi connectivity index (χ4v) is 4.06. The second kappa shape index (κ2) is 6.39. The molecule has 0 saturated heterocycles. The number of carboxylic acid groups (broad SMARTS) is 1. The summed E-state index contributed by atoms with van der Waals surface area (Å²) in [5, 5.41) is 10.5. The quantitative estimate of drug-likeness (QED) is 0.905. The van der Waals surface area contributed by atoms with Gasteiger partial charge in [-0.15, -0.1) is 11.3 Å².